The molecular weight excluding hydrogens is 414 g/mol. The topological polar surface area (TPSA) is 128 Å². The number of nitrogens with one attached hydrogen (secondary N) is 1. The number of hydrogen-bond acceptors (Lipinski definition) is 6. The van der Waals surface area contributed by atoms with Crippen molar-refractivity contribution in [3.63, 3.8) is 0 Å². The minimum Gasteiger partial charge on any atom is -0.352 e. The van der Waals surface area contributed by atoms with Crippen LogP contribution in [0.2, 0.25) is 0 Å². The van der Waals surface area contributed by atoms with Crippen LogP contribution in [0, 0.1) is 16.0 Å². The lowest BCUT2D eigenvalue weighted by molar-refractivity contribution is -0.384. The number of rotatable bonds is 6. The van der Waals surface area contributed by atoms with Crippen molar-refractivity contribution in [3.05, 3.63) is 70.3 Å². The average Bonchev–Trinajstić information content (AvgIpc) is 3.47. The SMILES string of the molecule is Cn1cc(C(=O)NCC2CCN(C(=O)c3ccn(-c4ccc([N+](=O)[O-])cc4)n3)CC2)cn1. The summed E-state index contributed by atoms with van der Waals surface area (Å²) in [5, 5.41) is 22.1. The summed E-state index contributed by atoms with van der Waals surface area (Å²) in [5.41, 5.74) is 1.49. The minimum absolute atomic E-state index is 0.00305. The van der Waals surface area contributed by atoms with Gasteiger partial charge < -0.3 is 10.2 Å². The summed E-state index contributed by atoms with van der Waals surface area (Å²) < 4.78 is 3.11. The zero-order chi connectivity index (χ0) is 22.7. The number of nitro benzene ring substituents is 1. The summed E-state index contributed by atoms with van der Waals surface area (Å²) >= 11 is 0. The summed E-state index contributed by atoms with van der Waals surface area (Å²) in [5.74, 6) is 0.00855. The van der Waals surface area contributed by atoms with Crippen LogP contribution < -0.4 is 5.32 Å². The number of aryl methyl sites for hydroxylation is 1. The van der Waals surface area contributed by atoms with Gasteiger partial charge in [0, 0.05) is 51.2 Å². The molecule has 0 unspecified atom stereocenters. The van der Waals surface area contributed by atoms with Crippen LogP contribution in [0.5, 0.6) is 0 Å². The Morgan fingerprint density at radius 1 is 1.19 bits per heavy atom. The number of piperidine rings is 1. The van der Waals surface area contributed by atoms with Crippen LogP contribution >= 0.6 is 0 Å². The van der Waals surface area contributed by atoms with Crippen molar-refractivity contribution in [1.29, 1.82) is 0 Å². The third kappa shape index (κ3) is 4.66. The Labute approximate surface area is 183 Å². The standard InChI is InChI=1S/C21H23N7O4/c1-25-14-16(13-23-25)20(29)22-12-15-6-9-26(10-7-15)21(30)19-8-11-27(24-19)17-2-4-18(5-3-17)28(31)32/h2-5,8,11,13-15H,6-7,9-10,12H2,1H3,(H,22,29). The maximum Gasteiger partial charge on any atom is 0.274 e. The zero-order valence-electron chi connectivity index (χ0n) is 17.5. The van der Waals surface area contributed by atoms with Crippen LogP contribution in [0.25, 0.3) is 5.69 Å². The molecule has 0 saturated carbocycles. The molecule has 2 aromatic heterocycles. The third-order valence-electron chi connectivity index (χ3n) is 5.55. The second-order valence-electron chi connectivity index (χ2n) is 7.77. The number of non-ortho nitro benzene ring substituents is 1. The molecule has 1 fully saturated rings. The summed E-state index contributed by atoms with van der Waals surface area (Å²) in [7, 11) is 1.76. The van der Waals surface area contributed by atoms with Gasteiger partial charge in [-0.05, 0) is 37.0 Å². The number of aromatic nitrogens is 4. The molecule has 0 radical (unpaired) electrons. The number of benzene rings is 1. The Morgan fingerprint density at radius 2 is 1.91 bits per heavy atom. The van der Waals surface area contributed by atoms with E-state index in [1.54, 1.807) is 47.2 Å². The van der Waals surface area contributed by atoms with Gasteiger partial charge in [0.15, 0.2) is 5.69 Å². The van der Waals surface area contributed by atoms with E-state index in [1.165, 1.54) is 23.0 Å². The highest BCUT2D eigenvalue weighted by molar-refractivity contribution is 5.93. The Kier molecular flexibility index (Phi) is 5.97. The molecule has 32 heavy (non-hydrogen) atoms. The largest absolute Gasteiger partial charge is 0.352 e. The van der Waals surface area contributed by atoms with Crippen LogP contribution in [0.3, 0.4) is 0 Å². The molecule has 3 heterocycles. The van der Waals surface area contributed by atoms with Gasteiger partial charge in [-0.1, -0.05) is 0 Å². The van der Waals surface area contributed by atoms with E-state index < -0.39 is 4.92 Å². The highest BCUT2D eigenvalue weighted by Crippen LogP contribution is 2.19. The Hall–Kier alpha value is -4.02. The first kappa shape index (κ1) is 21.2. The molecule has 1 N–H and O–H groups in total. The molecule has 11 heteroatoms. The first-order valence-corrected chi connectivity index (χ1v) is 10.3. The fraction of sp³-hybridized carbons (Fsp3) is 0.333. The van der Waals surface area contributed by atoms with Crippen molar-refractivity contribution in [2.45, 2.75) is 12.8 Å². The van der Waals surface area contributed by atoms with Crippen LogP contribution in [0.15, 0.2) is 48.9 Å². The van der Waals surface area contributed by atoms with Crippen LogP contribution in [-0.2, 0) is 7.05 Å². The molecule has 0 bridgehead atoms. The third-order valence-corrected chi connectivity index (χ3v) is 5.55. The van der Waals surface area contributed by atoms with Crippen molar-refractivity contribution in [2.24, 2.45) is 13.0 Å². The maximum atomic E-state index is 12.8. The minimum atomic E-state index is -0.463. The van der Waals surface area contributed by atoms with Gasteiger partial charge in [0.05, 0.1) is 22.4 Å². The highest BCUT2D eigenvalue weighted by atomic mass is 16.6. The Bertz CT molecular complexity index is 1130. The van der Waals surface area contributed by atoms with Crippen molar-refractivity contribution < 1.29 is 14.5 Å². The zero-order valence-corrected chi connectivity index (χ0v) is 17.5. The van der Waals surface area contributed by atoms with Gasteiger partial charge in [-0.15, -0.1) is 0 Å². The van der Waals surface area contributed by atoms with Crippen molar-refractivity contribution >= 4 is 17.5 Å². The monoisotopic (exact) mass is 437 g/mol. The smallest absolute Gasteiger partial charge is 0.274 e. The summed E-state index contributed by atoms with van der Waals surface area (Å²) in [4.78, 5) is 37.1. The predicted molar refractivity (Wildman–Crippen MR) is 114 cm³/mol. The second kappa shape index (κ2) is 9.00. The number of carbonyl (C=O) groups is 2. The van der Waals surface area contributed by atoms with Gasteiger partial charge >= 0.3 is 0 Å². The molecule has 0 aliphatic carbocycles. The van der Waals surface area contributed by atoms with E-state index in [2.05, 4.69) is 15.5 Å². The van der Waals surface area contributed by atoms with Gasteiger partial charge in [0.2, 0.25) is 0 Å². The van der Waals surface area contributed by atoms with Crippen LogP contribution in [-0.4, -0.2) is 60.8 Å². The van der Waals surface area contributed by atoms with E-state index >= 15 is 0 Å². The Balaban J connectivity index is 1.29. The van der Waals surface area contributed by atoms with E-state index in [1.807, 2.05) is 0 Å². The van der Waals surface area contributed by atoms with Crippen LogP contribution in [0.1, 0.15) is 33.7 Å². The van der Waals surface area contributed by atoms with Gasteiger partial charge in [-0.25, -0.2) is 4.68 Å². The average molecular weight is 437 g/mol. The molecule has 1 aromatic carbocycles. The van der Waals surface area contributed by atoms with Crippen LogP contribution in [0.4, 0.5) is 5.69 Å². The van der Waals surface area contributed by atoms with Crippen molar-refractivity contribution in [3.8, 4) is 5.69 Å². The number of nitrogens with zero attached hydrogens (tertiary/aromatic N) is 6. The molecule has 0 spiro atoms. The second-order valence-corrected chi connectivity index (χ2v) is 7.77. The molecular formula is C21H23N7O4. The lowest BCUT2D eigenvalue weighted by Crippen LogP contribution is -2.41. The van der Waals surface area contributed by atoms with E-state index in [-0.39, 0.29) is 17.5 Å². The summed E-state index contributed by atoms with van der Waals surface area (Å²) in [6.45, 7) is 1.75. The highest BCUT2D eigenvalue weighted by Gasteiger charge is 2.25. The van der Waals surface area contributed by atoms with Crippen molar-refractivity contribution in [1.82, 2.24) is 29.8 Å². The number of likely N-dealkylation sites (tertiary alicyclic amines) is 1. The van der Waals surface area contributed by atoms with Crippen molar-refractivity contribution in [2.75, 3.05) is 19.6 Å². The molecule has 1 aliphatic rings. The number of hydrogen-bond donors (Lipinski definition) is 1. The van der Waals surface area contributed by atoms with Gasteiger partial charge in [0.1, 0.15) is 0 Å². The lowest BCUT2D eigenvalue weighted by Gasteiger charge is -2.31. The van der Waals surface area contributed by atoms with Gasteiger partial charge in [-0.2, -0.15) is 10.2 Å². The van der Waals surface area contributed by atoms with E-state index in [0.717, 1.165) is 12.8 Å². The maximum absolute atomic E-state index is 12.8. The fourth-order valence-electron chi connectivity index (χ4n) is 3.69. The molecule has 1 aliphatic heterocycles. The van der Waals surface area contributed by atoms with Gasteiger partial charge in [0.25, 0.3) is 17.5 Å². The fourth-order valence-corrected chi connectivity index (χ4v) is 3.69. The number of amides is 2. The Morgan fingerprint density at radius 3 is 2.53 bits per heavy atom. The van der Waals surface area contributed by atoms with E-state index in [0.29, 0.717) is 42.5 Å². The normalized spacial score (nSPS) is 14.3. The molecule has 4 rings (SSSR count). The first-order valence-electron chi connectivity index (χ1n) is 10.3. The molecule has 11 nitrogen and oxygen atoms in total. The van der Waals surface area contributed by atoms with E-state index in [9.17, 15) is 19.7 Å². The number of nitro groups is 1. The summed E-state index contributed by atoms with van der Waals surface area (Å²) in [6, 6.07) is 7.62. The molecule has 2 amide bonds. The summed E-state index contributed by atoms with van der Waals surface area (Å²) in [6.07, 6.45) is 6.46. The molecule has 1 saturated heterocycles. The number of carbonyl (C=O) groups excluding carboxylic acids is 2. The molecule has 3 aromatic rings. The molecule has 166 valence electrons. The quantitative estimate of drug-likeness (QED) is 0.463. The lowest BCUT2D eigenvalue weighted by atomic mass is 9.96. The molecule has 0 atom stereocenters. The van der Waals surface area contributed by atoms with Gasteiger partial charge in [-0.3, -0.25) is 24.4 Å². The van der Waals surface area contributed by atoms with E-state index in [4.69, 9.17) is 0 Å². The first-order chi connectivity index (χ1) is 15.4. The predicted octanol–water partition coefficient (Wildman–Crippen LogP) is 1.80.